The molecular weight excluding hydrogens is 214 g/mol. The van der Waals surface area contributed by atoms with Crippen molar-refractivity contribution in [1.82, 2.24) is 0 Å². The van der Waals surface area contributed by atoms with Crippen molar-refractivity contribution in [3.63, 3.8) is 0 Å². The Balaban J connectivity index is 2.19. The molecule has 3 nitrogen and oxygen atoms in total. The first-order valence-electron chi connectivity index (χ1n) is 6.05. The first-order valence-corrected chi connectivity index (χ1v) is 6.05. The number of aryl methyl sites for hydroxylation is 3. The van der Waals surface area contributed by atoms with Crippen molar-refractivity contribution < 1.29 is 9.53 Å². The fourth-order valence-corrected chi connectivity index (χ4v) is 2.45. The van der Waals surface area contributed by atoms with Gasteiger partial charge in [0, 0.05) is 5.69 Å². The van der Waals surface area contributed by atoms with E-state index in [4.69, 9.17) is 4.74 Å². The number of carbonyl (C=O) groups is 1. The summed E-state index contributed by atoms with van der Waals surface area (Å²) in [5.74, 6) is -0.105. The van der Waals surface area contributed by atoms with Gasteiger partial charge in [-0.3, -0.25) is 0 Å². The minimum Gasteiger partial charge on any atom is -0.464 e. The summed E-state index contributed by atoms with van der Waals surface area (Å²) in [5, 5.41) is 0. The molecule has 0 aliphatic carbocycles. The smallest absolute Gasteiger partial charge is 0.330 e. The SMILES string of the molecule is CCOC(=O)C1CN1c1c(C)cc(C)cc1C. The molecule has 1 aromatic rings. The predicted octanol–water partition coefficient (Wildman–Crippen LogP) is 2.36. The molecule has 0 amide bonds. The number of benzene rings is 1. The lowest BCUT2D eigenvalue weighted by atomic mass is 10.1. The maximum absolute atomic E-state index is 11.6. The molecular formula is C14H19NO2. The summed E-state index contributed by atoms with van der Waals surface area (Å²) in [5.41, 5.74) is 4.91. The van der Waals surface area contributed by atoms with Crippen molar-refractivity contribution in [2.75, 3.05) is 18.1 Å². The van der Waals surface area contributed by atoms with Crippen molar-refractivity contribution in [3.8, 4) is 0 Å². The van der Waals surface area contributed by atoms with Crippen LogP contribution in [0.25, 0.3) is 0 Å². The van der Waals surface area contributed by atoms with Crippen molar-refractivity contribution in [2.24, 2.45) is 0 Å². The number of carbonyl (C=O) groups excluding carboxylic acids is 1. The Morgan fingerprint density at radius 2 is 1.94 bits per heavy atom. The highest BCUT2D eigenvalue weighted by atomic mass is 16.5. The predicted molar refractivity (Wildman–Crippen MR) is 68.4 cm³/mol. The van der Waals surface area contributed by atoms with Gasteiger partial charge >= 0.3 is 5.97 Å². The first kappa shape index (κ1) is 12.0. The molecule has 0 bridgehead atoms. The van der Waals surface area contributed by atoms with E-state index in [2.05, 4.69) is 37.8 Å². The zero-order valence-electron chi connectivity index (χ0n) is 10.9. The van der Waals surface area contributed by atoms with E-state index in [-0.39, 0.29) is 12.0 Å². The third kappa shape index (κ3) is 2.28. The summed E-state index contributed by atoms with van der Waals surface area (Å²) in [7, 11) is 0. The summed E-state index contributed by atoms with van der Waals surface area (Å²) in [6.45, 7) is 9.35. The van der Waals surface area contributed by atoms with Crippen LogP contribution in [0.4, 0.5) is 5.69 Å². The van der Waals surface area contributed by atoms with Crippen LogP contribution >= 0.6 is 0 Å². The van der Waals surface area contributed by atoms with Crippen LogP contribution in [0.3, 0.4) is 0 Å². The van der Waals surface area contributed by atoms with Crippen LogP contribution in [-0.2, 0) is 9.53 Å². The van der Waals surface area contributed by atoms with Crippen LogP contribution < -0.4 is 4.90 Å². The minimum absolute atomic E-state index is 0.0740. The number of anilines is 1. The molecule has 2 rings (SSSR count). The van der Waals surface area contributed by atoms with Gasteiger partial charge in [0.05, 0.1) is 13.2 Å². The maximum Gasteiger partial charge on any atom is 0.330 e. The van der Waals surface area contributed by atoms with Crippen molar-refractivity contribution in [3.05, 3.63) is 28.8 Å². The highest BCUT2D eigenvalue weighted by Crippen LogP contribution is 2.35. The van der Waals surface area contributed by atoms with Gasteiger partial charge < -0.3 is 9.64 Å². The Morgan fingerprint density at radius 3 is 2.47 bits per heavy atom. The number of nitrogens with zero attached hydrogens (tertiary/aromatic N) is 1. The van der Waals surface area contributed by atoms with Crippen LogP contribution in [0.5, 0.6) is 0 Å². The molecule has 17 heavy (non-hydrogen) atoms. The van der Waals surface area contributed by atoms with E-state index in [1.807, 2.05) is 6.92 Å². The Bertz CT molecular complexity index is 431. The van der Waals surface area contributed by atoms with Gasteiger partial charge in [-0.15, -0.1) is 0 Å². The van der Waals surface area contributed by atoms with Gasteiger partial charge in [0.15, 0.2) is 0 Å². The van der Waals surface area contributed by atoms with E-state index in [0.29, 0.717) is 6.61 Å². The highest BCUT2D eigenvalue weighted by Gasteiger charge is 2.43. The van der Waals surface area contributed by atoms with E-state index < -0.39 is 0 Å². The Kier molecular flexibility index (Phi) is 3.09. The Hall–Kier alpha value is -1.51. The molecule has 3 heteroatoms. The van der Waals surface area contributed by atoms with Crippen molar-refractivity contribution >= 4 is 11.7 Å². The molecule has 0 spiro atoms. The molecule has 1 unspecified atom stereocenters. The zero-order chi connectivity index (χ0) is 12.6. The lowest BCUT2D eigenvalue weighted by Crippen LogP contribution is -2.16. The molecule has 92 valence electrons. The topological polar surface area (TPSA) is 29.3 Å². The molecule has 1 atom stereocenters. The summed E-state index contributed by atoms with van der Waals surface area (Å²) in [4.78, 5) is 13.7. The number of esters is 1. The van der Waals surface area contributed by atoms with Crippen LogP contribution in [0, 0.1) is 20.8 Å². The fourth-order valence-electron chi connectivity index (χ4n) is 2.45. The van der Waals surface area contributed by atoms with Gasteiger partial charge in [0.2, 0.25) is 0 Å². The second kappa shape index (κ2) is 4.40. The molecule has 0 radical (unpaired) electrons. The second-order valence-electron chi connectivity index (χ2n) is 4.67. The maximum atomic E-state index is 11.6. The zero-order valence-corrected chi connectivity index (χ0v) is 10.9. The molecule has 1 saturated heterocycles. The standard InChI is InChI=1S/C14H19NO2/c1-5-17-14(16)12-8-15(12)13-10(3)6-9(2)7-11(13)4/h6-7,12H,5,8H2,1-4H3. The first-order chi connectivity index (χ1) is 8.04. The molecule has 1 aromatic carbocycles. The van der Waals surface area contributed by atoms with Gasteiger partial charge in [-0.1, -0.05) is 17.7 Å². The Labute approximate surface area is 102 Å². The number of ether oxygens (including phenoxy) is 1. The van der Waals surface area contributed by atoms with Crippen LogP contribution in [0.15, 0.2) is 12.1 Å². The quantitative estimate of drug-likeness (QED) is 0.593. The molecule has 1 fully saturated rings. The van der Waals surface area contributed by atoms with Crippen LogP contribution in [-0.4, -0.2) is 25.2 Å². The minimum atomic E-state index is -0.105. The second-order valence-corrected chi connectivity index (χ2v) is 4.67. The summed E-state index contributed by atoms with van der Waals surface area (Å²) in [6, 6.07) is 4.24. The van der Waals surface area contributed by atoms with E-state index in [1.165, 1.54) is 22.4 Å². The molecule has 0 N–H and O–H groups in total. The van der Waals surface area contributed by atoms with E-state index in [0.717, 1.165) is 6.54 Å². The van der Waals surface area contributed by atoms with Gasteiger partial charge in [-0.05, 0) is 38.8 Å². The average molecular weight is 233 g/mol. The molecule has 0 saturated carbocycles. The molecule has 1 aliphatic heterocycles. The number of rotatable bonds is 3. The molecule has 0 aromatic heterocycles. The monoisotopic (exact) mass is 233 g/mol. The molecule has 1 aliphatic rings. The van der Waals surface area contributed by atoms with E-state index >= 15 is 0 Å². The Morgan fingerprint density at radius 1 is 1.35 bits per heavy atom. The van der Waals surface area contributed by atoms with Crippen LogP contribution in [0.2, 0.25) is 0 Å². The van der Waals surface area contributed by atoms with E-state index in [1.54, 1.807) is 0 Å². The van der Waals surface area contributed by atoms with Gasteiger partial charge in [0.1, 0.15) is 6.04 Å². The fraction of sp³-hybridized carbons (Fsp3) is 0.500. The number of hydrogen-bond donors (Lipinski definition) is 0. The largest absolute Gasteiger partial charge is 0.464 e. The normalized spacial score (nSPS) is 18.1. The van der Waals surface area contributed by atoms with Crippen molar-refractivity contribution in [1.29, 1.82) is 0 Å². The van der Waals surface area contributed by atoms with Gasteiger partial charge in [-0.2, -0.15) is 0 Å². The average Bonchev–Trinajstić information content (AvgIpc) is 2.96. The third-order valence-electron chi connectivity index (χ3n) is 3.09. The summed E-state index contributed by atoms with van der Waals surface area (Å²) in [6.07, 6.45) is 0. The summed E-state index contributed by atoms with van der Waals surface area (Å²) < 4.78 is 5.04. The third-order valence-corrected chi connectivity index (χ3v) is 3.09. The van der Waals surface area contributed by atoms with E-state index in [9.17, 15) is 4.79 Å². The van der Waals surface area contributed by atoms with Gasteiger partial charge in [0.25, 0.3) is 0 Å². The lowest BCUT2D eigenvalue weighted by molar-refractivity contribution is -0.142. The molecule has 1 heterocycles. The van der Waals surface area contributed by atoms with Crippen molar-refractivity contribution in [2.45, 2.75) is 33.7 Å². The lowest BCUT2D eigenvalue weighted by Gasteiger charge is -2.13. The highest BCUT2D eigenvalue weighted by molar-refractivity contribution is 5.87. The number of hydrogen-bond acceptors (Lipinski definition) is 3. The summed E-state index contributed by atoms with van der Waals surface area (Å²) >= 11 is 0. The van der Waals surface area contributed by atoms with Crippen LogP contribution in [0.1, 0.15) is 23.6 Å². The van der Waals surface area contributed by atoms with Gasteiger partial charge in [-0.25, -0.2) is 4.79 Å².